The molecule has 0 spiro atoms. The van der Waals surface area contributed by atoms with Crippen molar-refractivity contribution < 1.29 is 19.4 Å². The van der Waals surface area contributed by atoms with E-state index in [1.54, 1.807) is 6.20 Å². The average molecular weight is 454 g/mol. The number of rotatable bonds is 18. The number of benzene rings is 2. The molecule has 0 aliphatic rings. The van der Waals surface area contributed by atoms with Gasteiger partial charge in [-0.05, 0) is 23.6 Å². The molecule has 0 saturated heterocycles. The van der Waals surface area contributed by atoms with Crippen molar-refractivity contribution >= 4 is 5.78 Å². The van der Waals surface area contributed by atoms with Crippen molar-refractivity contribution in [3.63, 3.8) is 0 Å². The molecule has 0 bridgehead atoms. The van der Waals surface area contributed by atoms with Gasteiger partial charge in [0.15, 0.2) is 5.78 Å². The van der Waals surface area contributed by atoms with Crippen LogP contribution in [0, 0.1) is 0 Å². The minimum absolute atomic E-state index is 0.0130. The van der Waals surface area contributed by atoms with Gasteiger partial charge in [-0.15, -0.1) is 0 Å². The Bertz CT molecular complexity index is 779. The Balaban J connectivity index is 1.81. The van der Waals surface area contributed by atoms with E-state index in [2.05, 4.69) is 12.2 Å². The second kappa shape index (κ2) is 17.1. The first-order valence-electron chi connectivity index (χ1n) is 12.1. The fraction of sp³-hybridized carbons (Fsp3) is 0.464. The quantitative estimate of drug-likeness (QED) is 0.240. The Labute approximate surface area is 198 Å². The molecule has 0 heterocycles. The van der Waals surface area contributed by atoms with Gasteiger partial charge >= 0.3 is 0 Å². The summed E-state index contributed by atoms with van der Waals surface area (Å²) in [5, 5.41) is 13.8. The largest absolute Gasteiger partial charge is 0.391 e. The summed E-state index contributed by atoms with van der Waals surface area (Å²) >= 11 is 0. The van der Waals surface area contributed by atoms with Gasteiger partial charge in [0.2, 0.25) is 0 Å². The molecule has 180 valence electrons. The molecule has 0 fully saturated rings. The molecule has 2 rings (SSSR count). The summed E-state index contributed by atoms with van der Waals surface area (Å²) in [6, 6.07) is 19.4. The van der Waals surface area contributed by atoms with Gasteiger partial charge in [-0.3, -0.25) is 4.79 Å². The highest BCUT2D eigenvalue weighted by Crippen LogP contribution is 2.10. The molecule has 2 aromatic carbocycles. The average Bonchev–Trinajstić information content (AvgIpc) is 2.84. The fourth-order valence-electron chi connectivity index (χ4n) is 3.43. The van der Waals surface area contributed by atoms with Crippen molar-refractivity contribution in [2.24, 2.45) is 0 Å². The lowest BCUT2D eigenvalue weighted by Gasteiger charge is -2.21. The Morgan fingerprint density at radius 3 is 2.18 bits per heavy atom. The first-order valence-corrected chi connectivity index (χ1v) is 12.1. The minimum Gasteiger partial charge on any atom is -0.391 e. The van der Waals surface area contributed by atoms with Gasteiger partial charge < -0.3 is 19.9 Å². The number of carbonyl (C=O) groups is 1. The molecule has 0 unspecified atom stereocenters. The SMILES string of the molecule is CCCCCCCCN/C=C/C(=O)[C@H](OCc1ccccc1)[C@H](O)COCc1ccccc1. The maximum absolute atomic E-state index is 12.8. The Hall–Kier alpha value is -2.47. The van der Waals surface area contributed by atoms with Crippen molar-refractivity contribution in [3.8, 4) is 0 Å². The number of unbranched alkanes of at least 4 members (excludes halogenated alkanes) is 5. The van der Waals surface area contributed by atoms with Crippen LogP contribution < -0.4 is 5.32 Å². The molecule has 0 aliphatic heterocycles. The van der Waals surface area contributed by atoms with E-state index in [9.17, 15) is 9.90 Å². The van der Waals surface area contributed by atoms with Crippen LogP contribution in [-0.2, 0) is 27.5 Å². The molecule has 0 aromatic heterocycles. The van der Waals surface area contributed by atoms with Gasteiger partial charge in [0, 0.05) is 12.7 Å². The van der Waals surface area contributed by atoms with Gasteiger partial charge in [-0.2, -0.15) is 0 Å². The van der Waals surface area contributed by atoms with Gasteiger partial charge in [-0.1, -0.05) is 99.7 Å². The highest BCUT2D eigenvalue weighted by molar-refractivity contribution is 5.94. The van der Waals surface area contributed by atoms with E-state index < -0.39 is 12.2 Å². The standard InChI is InChI=1S/C28H39NO4/c1-2-3-4-5-6-13-19-29-20-18-26(30)28(33-22-25-16-11-8-12-17-25)27(31)23-32-21-24-14-9-7-10-15-24/h7-12,14-18,20,27-29,31H,2-6,13,19,21-23H2,1H3/b20-18+/t27-,28+/m1/s1. The van der Waals surface area contributed by atoms with E-state index in [1.807, 2.05) is 60.7 Å². The van der Waals surface area contributed by atoms with E-state index in [-0.39, 0.29) is 19.0 Å². The van der Waals surface area contributed by atoms with E-state index in [0.29, 0.717) is 6.61 Å². The zero-order valence-corrected chi connectivity index (χ0v) is 19.8. The Kier molecular flexibility index (Phi) is 13.8. The zero-order chi connectivity index (χ0) is 23.6. The smallest absolute Gasteiger partial charge is 0.188 e. The number of nitrogens with one attached hydrogen (secondary N) is 1. The highest BCUT2D eigenvalue weighted by atomic mass is 16.5. The first-order chi connectivity index (χ1) is 16.2. The lowest BCUT2D eigenvalue weighted by atomic mass is 10.1. The summed E-state index contributed by atoms with van der Waals surface area (Å²) in [5.74, 6) is -0.280. The normalized spacial score (nSPS) is 13.2. The van der Waals surface area contributed by atoms with Crippen molar-refractivity contribution in [2.45, 2.75) is 70.9 Å². The van der Waals surface area contributed by atoms with Crippen molar-refractivity contribution in [1.29, 1.82) is 0 Å². The van der Waals surface area contributed by atoms with Crippen LogP contribution in [0.3, 0.4) is 0 Å². The molecular weight excluding hydrogens is 414 g/mol. The van der Waals surface area contributed by atoms with Crippen LogP contribution in [-0.4, -0.2) is 36.2 Å². The summed E-state index contributed by atoms with van der Waals surface area (Å²) in [6.45, 7) is 3.67. The van der Waals surface area contributed by atoms with E-state index in [1.165, 1.54) is 38.2 Å². The number of hydrogen-bond donors (Lipinski definition) is 2. The monoisotopic (exact) mass is 453 g/mol. The summed E-state index contributed by atoms with van der Waals surface area (Å²) < 4.78 is 11.5. The molecule has 33 heavy (non-hydrogen) atoms. The zero-order valence-electron chi connectivity index (χ0n) is 19.8. The lowest BCUT2D eigenvalue weighted by molar-refractivity contribution is -0.139. The Morgan fingerprint density at radius 2 is 1.52 bits per heavy atom. The summed E-state index contributed by atoms with van der Waals surface area (Å²) in [4.78, 5) is 12.8. The minimum atomic E-state index is -1.06. The Morgan fingerprint density at radius 1 is 0.909 bits per heavy atom. The molecule has 2 atom stereocenters. The molecular formula is C28H39NO4. The topological polar surface area (TPSA) is 67.8 Å². The third kappa shape index (κ3) is 11.8. The number of ketones is 1. The second-order valence-corrected chi connectivity index (χ2v) is 8.24. The summed E-state index contributed by atoms with van der Waals surface area (Å²) in [5.41, 5.74) is 1.95. The van der Waals surface area contributed by atoms with Gasteiger partial charge in [0.1, 0.15) is 12.2 Å². The summed E-state index contributed by atoms with van der Waals surface area (Å²) in [6.07, 6.45) is 8.40. The first kappa shape index (κ1) is 26.8. The molecule has 0 radical (unpaired) electrons. The molecule has 0 aliphatic carbocycles. The predicted molar refractivity (Wildman–Crippen MR) is 133 cm³/mol. The van der Waals surface area contributed by atoms with Crippen molar-refractivity contribution in [3.05, 3.63) is 84.1 Å². The third-order valence-electron chi connectivity index (χ3n) is 5.34. The predicted octanol–water partition coefficient (Wildman–Crippen LogP) is 5.18. The van der Waals surface area contributed by atoms with Crippen LogP contribution in [0.4, 0.5) is 0 Å². The van der Waals surface area contributed by atoms with Crippen LogP contribution in [0.1, 0.15) is 56.6 Å². The summed E-state index contributed by atoms with van der Waals surface area (Å²) in [7, 11) is 0. The van der Waals surface area contributed by atoms with Crippen molar-refractivity contribution in [2.75, 3.05) is 13.2 Å². The number of hydrogen-bond acceptors (Lipinski definition) is 5. The number of aliphatic hydroxyl groups is 1. The van der Waals surface area contributed by atoms with E-state index >= 15 is 0 Å². The number of ether oxygens (including phenoxy) is 2. The van der Waals surface area contributed by atoms with Gasteiger partial charge in [0.05, 0.1) is 19.8 Å². The van der Waals surface area contributed by atoms with Crippen molar-refractivity contribution in [1.82, 2.24) is 5.32 Å². The molecule has 5 nitrogen and oxygen atoms in total. The molecule has 5 heteroatoms. The van der Waals surface area contributed by atoms with E-state index in [0.717, 1.165) is 24.1 Å². The van der Waals surface area contributed by atoms with Crippen LogP contribution >= 0.6 is 0 Å². The van der Waals surface area contributed by atoms with Crippen LogP contribution in [0.15, 0.2) is 72.9 Å². The number of carbonyl (C=O) groups excluding carboxylic acids is 1. The second-order valence-electron chi connectivity index (χ2n) is 8.24. The third-order valence-corrected chi connectivity index (χ3v) is 5.34. The van der Waals surface area contributed by atoms with Crippen LogP contribution in [0.5, 0.6) is 0 Å². The van der Waals surface area contributed by atoms with Gasteiger partial charge in [0.25, 0.3) is 0 Å². The van der Waals surface area contributed by atoms with Crippen LogP contribution in [0.2, 0.25) is 0 Å². The van der Waals surface area contributed by atoms with E-state index in [4.69, 9.17) is 9.47 Å². The van der Waals surface area contributed by atoms with Gasteiger partial charge in [-0.25, -0.2) is 0 Å². The maximum Gasteiger partial charge on any atom is 0.188 e. The fourth-order valence-corrected chi connectivity index (χ4v) is 3.43. The number of aliphatic hydroxyl groups excluding tert-OH is 1. The maximum atomic E-state index is 12.8. The molecule has 0 amide bonds. The lowest BCUT2D eigenvalue weighted by Crippen LogP contribution is -2.39. The molecule has 2 aromatic rings. The van der Waals surface area contributed by atoms with Crippen LogP contribution in [0.25, 0.3) is 0 Å². The molecule has 0 saturated carbocycles. The highest BCUT2D eigenvalue weighted by Gasteiger charge is 2.26. The molecule has 2 N–H and O–H groups in total.